The van der Waals surface area contributed by atoms with E-state index in [1.165, 1.54) is 6.42 Å². The van der Waals surface area contributed by atoms with E-state index in [1.54, 1.807) is 18.5 Å². The van der Waals surface area contributed by atoms with Crippen LogP contribution in [0.15, 0.2) is 30.6 Å². The van der Waals surface area contributed by atoms with Crippen molar-refractivity contribution in [2.24, 2.45) is 5.73 Å². The Balaban J connectivity index is 1.75. The second kappa shape index (κ2) is 5.77. The summed E-state index contributed by atoms with van der Waals surface area (Å²) < 4.78 is 0. The molecule has 1 fully saturated rings. The van der Waals surface area contributed by atoms with Gasteiger partial charge >= 0.3 is 0 Å². The first-order chi connectivity index (χ1) is 10.2. The number of carbonyl (C=O) groups excluding carboxylic acids is 1. The Morgan fingerprint density at radius 2 is 1.95 bits per heavy atom. The van der Waals surface area contributed by atoms with Gasteiger partial charge in [-0.3, -0.25) is 14.8 Å². The molecule has 1 aliphatic rings. The van der Waals surface area contributed by atoms with Crippen LogP contribution in [0.5, 0.6) is 0 Å². The molecule has 21 heavy (non-hydrogen) atoms. The van der Waals surface area contributed by atoms with Gasteiger partial charge in [0, 0.05) is 24.5 Å². The highest BCUT2D eigenvalue weighted by molar-refractivity contribution is 6.04. The van der Waals surface area contributed by atoms with E-state index in [4.69, 9.17) is 5.73 Å². The number of nitrogens with two attached hydrogens (primary N) is 1. The number of para-hydroxylation sites is 1. The van der Waals surface area contributed by atoms with Crippen molar-refractivity contribution in [1.29, 1.82) is 0 Å². The summed E-state index contributed by atoms with van der Waals surface area (Å²) in [5.74, 6) is -0.128. The fraction of sp³-hybridized carbons (Fsp3) is 0.438. The Bertz CT molecular complexity index is 644. The summed E-state index contributed by atoms with van der Waals surface area (Å²) in [5, 5.41) is 2.97. The average Bonchev–Trinajstić information content (AvgIpc) is 2.53. The summed E-state index contributed by atoms with van der Waals surface area (Å²) in [7, 11) is 0. The van der Waals surface area contributed by atoms with Crippen molar-refractivity contribution in [1.82, 2.24) is 15.3 Å². The maximum Gasteiger partial charge on any atom is 0.253 e. The summed E-state index contributed by atoms with van der Waals surface area (Å²) in [6.45, 7) is 0.516. The fourth-order valence-electron chi connectivity index (χ4n) is 2.96. The number of nitrogens with one attached hydrogen (secondary N) is 1. The maximum absolute atomic E-state index is 12.4. The van der Waals surface area contributed by atoms with Crippen LogP contribution in [-0.2, 0) is 0 Å². The van der Waals surface area contributed by atoms with Gasteiger partial charge in [-0.2, -0.15) is 0 Å². The first-order valence-electron chi connectivity index (χ1n) is 7.45. The summed E-state index contributed by atoms with van der Waals surface area (Å²) in [6, 6.07) is 5.45. The predicted molar refractivity (Wildman–Crippen MR) is 81.9 cm³/mol. The van der Waals surface area contributed by atoms with E-state index < -0.39 is 0 Å². The monoisotopic (exact) mass is 284 g/mol. The van der Waals surface area contributed by atoms with Crippen LogP contribution in [0.25, 0.3) is 11.0 Å². The number of aromatic nitrogens is 2. The van der Waals surface area contributed by atoms with Crippen molar-refractivity contribution in [3.05, 3.63) is 36.2 Å². The van der Waals surface area contributed by atoms with Gasteiger partial charge in [-0.25, -0.2) is 0 Å². The third-order valence-corrected chi connectivity index (χ3v) is 4.19. The van der Waals surface area contributed by atoms with E-state index in [0.29, 0.717) is 17.6 Å². The Morgan fingerprint density at radius 3 is 2.76 bits per heavy atom. The number of carbonyl (C=O) groups is 1. The summed E-state index contributed by atoms with van der Waals surface area (Å²) in [4.78, 5) is 20.9. The van der Waals surface area contributed by atoms with Crippen LogP contribution >= 0.6 is 0 Å². The van der Waals surface area contributed by atoms with Crippen molar-refractivity contribution < 1.29 is 4.79 Å². The first kappa shape index (κ1) is 13.9. The van der Waals surface area contributed by atoms with Gasteiger partial charge in [0.15, 0.2) is 0 Å². The third kappa shape index (κ3) is 3.03. The minimum atomic E-state index is -0.260. The second-order valence-corrected chi connectivity index (χ2v) is 5.84. The predicted octanol–water partition coefficient (Wildman–Crippen LogP) is 2.02. The van der Waals surface area contributed by atoms with Crippen LogP contribution in [0.2, 0.25) is 0 Å². The van der Waals surface area contributed by atoms with Crippen LogP contribution in [-0.4, -0.2) is 28.0 Å². The van der Waals surface area contributed by atoms with Gasteiger partial charge in [-0.05, 0) is 25.0 Å². The molecule has 0 spiro atoms. The van der Waals surface area contributed by atoms with Crippen molar-refractivity contribution in [2.75, 3.05) is 6.54 Å². The number of fused-ring (bicyclic) bond motifs is 1. The van der Waals surface area contributed by atoms with E-state index in [0.717, 1.165) is 31.2 Å². The van der Waals surface area contributed by atoms with Crippen molar-refractivity contribution in [3.8, 4) is 0 Å². The van der Waals surface area contributed by atoms with Crippen LogP contribution in [0.1, 0.15) is 42.5 Å². The summed E-state index contributed by atoms with van der Waals surface area (Å²) in [5.41, 5.74) is 8.01. The Hall–Kier alpha value is -2.01. The molecule has 5 heteroatoms. The van der Waals surface area contributed by atoms with Gasteiger partial charge in [0.1, 0.15) is 5.52 Å². The molecule has 3 N–H and O–H groups in total. The molecule has 2 aromatic rings. The zero-order valence-corrected chi connectivity index (χ0v) is 12.0. The summed E-state index contributed by atoms with van der Waals surface area (Å²) in [6.07, 6.45) is 8.71. The van der Waals surface area contributed by atoms with Crippen LogP contribution < -0.4 is 11.1 Å². The molecular weight excluding hydrogens is 264 g/mol. The molecule has 1 heterocycles. The maximum atomic E-state index is 12.4. The molecule has 0 unspecified atom stereocenters. The number of hydrogen-bond acceptors (Lipinski definition) is 4. The molecule has 0 bridgehead atoms. The molecule has 0 radical (unpaired) electrons. The molecule has 0 saturated heterocycles. The third-order valence-electron chi connectivity index (χ3n) is 4.19. The molecule has 110 valence electrons. The Kier molecular flexibility index (Phi) is 3.84. The molecule has 1 aromatic carbocycles. The van der Waals surface area contributed by atoms with E-state index in [9.17, 15) is 4.79 Å². The molecule has 0 atom stereocenters. The summed E-state index contributed by atoms with van der Waals surface area (Å²) >= 11 is 0. The van der Waals surface area contributed by atoms with E-state index in [-0.39, 0.29) is 11.4 Å². The number of hydrogen-bond donors (Lipinski definition) is 2. The molecule has 1 amide bonds. The van der Waals surface area contributed by atoms with Gasteiger partial charge in [-0.15, -0.1) is 0 Å². The van der Waals surface area contributed by atoms with Gasteiger partial charge in [0.05, 0.1) is 11.1 Å². The minimum Gasteiger partial charge on any atom is -0.350 e. The molecule has 1 saturated carbocycles. The van der Waals surface area contributed by atoms with Gasteiger partial charge in [-0.1, -0.05) is 25.3 Å². The largest absolute Gasteiger partial charge is 0.350 e. The molecule has 3 rings (SSSR count). The van der Waals surface area contributed by atoms with Gasteiger partial charge in [0.2, 0.25) is 0 Å². The van der Waals surface area contributed by atoms with E-state index in [2.05, 4.69) is 15.3 Å². The Morgan fingerprint density at radius 1 is 1.19 bits per heavy atom. The molecule has 0 aliphatic heterocycles. The highest BCUT2D eigenvalue weighted by atomic mass is 16.1. The zero-order chi connectivity index (χ0) is 14.7. The lowest BCUT2D eigenvalue weighted by Gasteiger charge is -2.33. The molecule has 5 nitrogen and oxygen atoms in total. The zero-order valence-electron chi connectivity index (χ0n) is 12.0. The smallest absolute Gasteiger partial charge is 0.253 e. The number of rotatable bonds is 3. The average molecular weight is 284 g/mol. The van der Waals surface area contributed by atoms with Crippen molar-refractivity contribution >= 4 is 16.9 Å². The molecule has 1 aromatic heterocycles. The van der Waals surface area contributed by atoms with Gasteiger partial charge in [0.25, 0.3) is 5.91 Å². The quantitative estimate of drug-likeness (QED) is 0.903. The van der Waals surface area contributed by atoms with Crippen LogP contribution in [0, 0.1) is 0 Å². The van der Waals surface area contributed by atoms with Crippen molar-refractivity contribution in [2.45, 2.75) is 37.6 Å². The van der Waals surface area contributed by atoms with E-state index in [1.807, 2.05) is 12.1 Å². The normalized spacial score (nSPS) is 17.6. The highest BCUT2D eigenvalue weighted by Crippen LogP contribution is 2.25. The van der Waals surface area contributed by atoms with Gasteiger partial charge < -0.3 is 11.1 Å². The first-order valence-corrected chi connectivity index (χ1v) is 7.45. The molecular formula is C16H20N4O. The second-order valence-electron chi connectivity index (χ2n) is 5.84. The topological polar surface area (TPSA) is 80.9 Å². The standard InChI is InChI=1S/C16H20N4O/c17-16(7-2-1-3-8-16)11-20-15(21)12-5-4-6-13-14(12)19-10-9-18-13/h4-6,9-10H,1-3,7-8,11,17H2,(H,20,21). The van der Waals surface area contributed by atoms with Crippen molar-refractivity contribution in [3.63, 3.8) is 0 Å². The number of nitrogens with zero attached hydrogens (tertiary/aromatic N) is 2. The lowest BCUT2D eigenvalue weighted by atomic mass is 9.82. The van der Waals surface area contributed by atoms with E-state index >= 15 is 0 Å². The minimum absolute atomic E-state index is 0.128. The fourth-order valence-corrected chi connectivity index (χ4v) is 2.96. The van der Waals surface area contributed by atoms with Crippen LogP contribution in [0.4, 0.5) is 0 Å². The lowest BCUT2D eigenvalue weighted by Crippen LogP contribution is -2.51. The SMILES string of the molecule is NC1(CNC(=O)c2cccc3nccnc23)CCCCC1. The highest BCUT2D eigenvalue weighted by Gasteiger charge is 2.28. The number of benzene rings is 1. The lowest BCUT2D eigenvalue weighted by molar-refractivity contribution is 0.0939. The number of amides is 1. The van der Waals surface area contributed by atoms with Crippen LogP contribution in [0.3, 0.4) is 0 Å². The Labute approximate surface area is 124 Å². The molecule has 1 aliphatic carbocycles.